The molecule has 1 aromatic rings. The van der Waals surface area contributed by atoms with Crippen LogP contribution < -0.4 is 10.1 Å². The van der Waals surface area contributed by atoms with Crippen LogP contribution in [0, 0.1) is 0 Å². The van der Waals surface area contributed by atoms with Crippen molar-refractivity contribution in [3.63, 3.8) is 0 Å². The zero-order chi connectivity index (χ0) is 11.1. The van der Waals surface area contributed by atoms with Crippen LogP contribution in [0.2, 0.25) is 5.02 Å². The third kappa shape index (κ3) is 3.90. The summed E-state index contributed by atoms with van der Waals surface area (Å²) < 4.78 is 5.31. The summed E-state index contributed by atoms with van der Waals surface area (Å²) in [7, 11) is 0. The molecule has 82 valence electrons. The number of carbonyl (C=O) groups excluding carboxylic acids is 1. The summed E-state index contributed by atoms with van der Waals surface area (Å²) in [4.78, 5) is 10.1. The van der Waals surface area contributed by atoms with E-state index in [1.807, 2.05) is 25.1 Å². The molecule has 0 bridgehead atoms. The van der Waals surface area contributed by atoms with E-state index in [9.17, 15) is 4.79 Å². The molecule has 0 amide bonds. The molecule has 15 heavy (non-hydrogen) atoms. The Kier molecular flexibility index (Phi) is 5.15. The Bertz CT molecular complexity index is 328. The Morgan fingerprint density at radius 2 is 2.33 bits per heavy atom. The number of hydrogen-bond donors (Lipinski definition) is 1. The second-order valence-corrected chi connectivity index (χ2v) is 3.40. The summed E-state index contributed by atoms with van der Waals surface area (Å²) in [6.07, 6.45) is 0.830. The molecule has 0 spiro atoms. The molecule has 0 radical (unpaired) electrons. The van der Waals surface area contributed by atoms with Gasteiger partial charge in [0.25, 0.3) is 0 Å². The van der Waals surface area contributed by atoms with Gasteiger partial charge in [0.15, 0.2) is 0 Å². The lowest BCUT2D eigenvalue weighted by Crippen LogP contribution is -2.15. The van der Waals surface area contributed by atoms with E-state index in [4.69, 9.17) is 16.3 Å². The SMILES string of the molecule is CCOc1ccc(CNCC=O)cc1Cl. The first-order chi connectivity index (χ1) is 7.27. The number of hydrogen-bond acceptors (Lipinski definition) is 3. The fourth-order valence-corrected chi connectivity index (χ4v) is 1.46. The van der Waals surface area contributed by atoms with Gasteiger partial charge in [-0.1, -0.05) is 17.7 Å². The molecule has 0 unspecified atom stereocenters. The van der Waals surface area contributed by atoms with Gasteiger partial charge >= 0.3 is 0 Å². The predicted molar refractivity (Wildman–Crippen MR) is 60.4 cm³/mol. The maximum atomic E-state index is 10.1. The van der Waals surface area contributed by atoms with Crippen LogP contribution in [0.3, 0.4) is 0 Å². The van der Waals surface area contributed by atoms with Crippen LogP contribution in [0.4, 0.5) is 0 Å². The van der Waals surface area contributed by atoms with Crippen molar-refractivity contribution in [1.82, 2.24) is 5.32 Å². The summed E-state index contributed by atoms with van der Waals surface area (Å²) in [6, 6.07) is 5.60. The molecule has 0 atom stereocenters. The average molecular weight is 228 g/mol. The molecule has 1 N–H and O–H groups in total. The fraction of sp³-hybridized carbons (Fsp3) is 0.364. The molecular formula is C11H14ClNO2. The zero-order valence-electron chi connectivity index (χ0n) is 8.63. The summed E-state index contributed by atoms with van der Waals surface area (Å²) in [5, 5.41) is 3.56. The highest BCUT2D eigenvalue weighted by molar-refractivity contribution is 6.32. The van der Waals surface area contributed by atoms with Crippen molar-refractivity contribution in [3.05, 3.63) is 28.8 Å². The van der Waals surface area contributed by atoms with Crippen molar-refractivity contribution >= 4 is 17.9 Å². The van der Waals surface area contributed by atoms with Gasteiger partial charge in [-0.25, -0.2) is 0 Å². The number of nitrogens with one attached hydrogen (secondary N) is 1. The first kappa shape index (κ1) is 12.0. The van der Waals surface area contributed by atoms with Gasteiger partial charge in [-0.2, -0.15) is 0 Å². The number of ether oxygens (including phenoxy) is 1. The van der Waals surface area contributed by atoms with Gasteiger partial charge in [-0.15, -0.1) is 0 Å². The van der Waals surface area contributed by atoms with Crippen molar-refractivity contribution in [3.8, 4) is 5.75 Å². The second kappa shape index (κ2) is 6.43. The van der Waals surface area contributed by atoms with Gasteiger partial charge in [0.05, 0.1) is 18.2 Å². The van der Waals surface area contributed by atoms with Crippen molar-refractivity contribution in [2.75, 3.05) is 13.2 Å². The zero-order valence-corrected chi connectivity index (χ0v) is 9.38. The minimum Gasteiger partial charge on any atom is -0.492 e. The third-order valence-corrected chi connectivity index (χ3v) is 2.15. The van der Waals surface area contributed by atoms with E-state index in [1.165, 1.54) is 0 Å². The van der Waals surface area contributed by atoms with Gasteiger partial charge in [0.2, 0.25) is 0 Å². The number of halogens is 1. The van der Waals surface area contributed by atoms with Crippen molar-refractivity contribution in [2.24, 2.45) is 0 Å². The molecule has 4 heteroatoms. The van der Waals surface area contributed by atoms with E-state index in [0.29, 0.717) is 30.5 Å². The molecule has 0 aromatic heterocycles. The minimum atomic E-state index is 0.352. The van der Waals surface area contributed by atoms with Gasteiger partial charge in [0.1, 0.15) is 12.0 Å². The quantitative estimate of drug-likeness (QED) is 0.597. The standard InChI is InChI=1S/C11H14ClNO2/c1-2-15-11-4-3-9(7-10(11)12)8-13-5-6-14/h3-4,6-7,13H,2,5,8H2,1H3. The smallest absolute Gasteiger partial charge is 0.137 e. The first-order valence-electron chi connectivity index (χ1n) is 4.83. The monoisotopic (exact) mass is 227 g/mol. The Morgan fingerprint density at radius 1 is 1.53 bits per heavy atom. The van der Waals surface area contributed by atoms with Crippen LogP contribution in [-0.4, -0.2) is 19.4 Å². The fourth-order valence-electron chi connectivity index (χ4n) is 1.20. The lowest BCUT2D eigenvalue weighted by atomic mass is 10.2. The van der Waals surface area contributed by atoms with E-state index >= 15 is 0 Å². The molecule has 1 rings (SSSR count). The molecular weight excluding hydrogens is 214 g/mol. The van der Waals surface area contributed by atoms with Crippen molar-refractivity contribution in [1.29, 1.82) is 0 Å². The van der Waals surface area contributed by atoms with E-state index in [2.05, 4.69) is 5.32 Å². The molecule has 0 aliphatic heterocycles. The van der Waals surface area contributed by atoms with Gasteiger partial charge < -0.3 is 14.8 Å². The van der Waals surface area contributed by atoms with Gasteiger partial charge in [-0.05, 0) is 24.6 Å². The van der Waals surface area contributed by atoms with Crippen LogP contribution in [0.15, 0.2) is 18.2 Å². The number of aldehydes is 1. The second-order valence-electron chi connectivity index (χ2n) is 3.00. The van der Waals surface area contributed by atoms with E-state index < -0.39 is 0 Å². The summed E-state index contributed by atoms with van der Waals surface area (Å²) >= 11 is 6.00. The predicted octanol–water partition coefficient (Wildman–Crippen LogP) is 2.03. The highest BCUT2D eigenvalue weighted by Crippen LogP contribution is 2.25. The normalized spacial score (nSPS) is 10.0. The highest BCUT2D eigenvalue weighted by atomic mass is 35.5. The number of benzene rings is 1. The molecule has 3 nitrogen and oxygen atoms in total. The van der Waals surface area contributed by atoms with Crippen molar-refractivity contribution in [2.45, 2.75) is 13.5 Å². The minimum absolute atomic E-state index is 0.352. The summed E-state index contributed by atoms with van der Waals surface area (Å²) in [6.45, 7) is 3.49. The molecule has 0 aliphatic rings. The van der Waals surface area contributed by atoms with Crippen LogP contribution in [0.25, 0.3) is 0 Å². The average Bonchev–Trinajstić information content (AvgIpc) is 2.23. The maximum absolute atomic E-state index is 10.1. The maximum Gasteiger partial charge on any atom is 0.137 e. The topological polar surface area (TPSA) is 38.3 Å². The molecule has 0 saturated heterocycles. The molecule has 0 fully saturated rings. The van der Waals surface area contributed by atoms with Gasteiger partial charge in [-0.3, -0.25) is 0 Å². The Hall–Kier alpha value is -1.06. The Balaban J connectivity index is 2.60. The van der Waals surface area contributed by atoms with E-state index in [1.54, 1.807) is 0 Å². The molecule has 0 heterocycles. The van der Waals surface area contributed by atoms with Crippen LogP contribution in [-0.2, 0) is 11.3 Å². The van der Waals surface area contributed by atoms with Gasteiger partial charge in [0, 0.05) is 6.54 Å². The lowest BCUT2D eigenvalue weighted by Gasteiger charge is -2.07. The van der Waals surface area contributed by atoms with E-state index in [0.717, 1.165) is 11.8 Å². The lowest BCUT2D eigenvalue weighted by molar-refractivity contribution is -0.107. The van der Waals surface area contributed by atoms with Crippen LogP contribution in [0.5, 0.6) is 5.75 Å². The first-order valence-corrected chi connectivity index (χ1v) is 5.21. The van der Waals surface area contributed by atoms with Crippen molar-refractivity contribution < 1.29 is 9.53 Å². The Labute approximate surface area is 94.4 Å². The Morgan fingerprint density at radius 3 is 2.93 bits per heavy atom. The third-order valence-electron chi connectivity index (χ3n) is 1.85. The van der Waals surface area contributed by atoms with E-state index in [-0.39, 0.29) is 0 Å². The number of rotatable bonds is 6. The molecule has 0 saturated carbocycles. The summed E-state index contributed by atoms with van der Waals surface area (Å²) in [5.41, 5.74) is 1.03. The molecule has 0 aliphatic carbocycles. The highest BCUT2D eigenvalue weighted by Gasteiger charge is 2.01. The summed E-state index contributed by atoms with van der Waals surface area (Å²) in [5.74, 6) is 0.693. The van der Waals surface area contributed by atoms with Crippen LogP contribution >= 0.6 is 11.6 Å². The van der Waals surface area contributed by atoms with Crippen LogP contribution in [0.1, 0.15) is 12.5 Å². The largest absolute Gasteiger partial charge is 0.492 e. The number of carbonyl (C=O) groups is 1. The molecule has 1 aromatic carbocycles.